The van der Waals surface area contributed by atoms with Gasteiger partial charge in [-0.15, -0.1) is 34.9 Å². The van der Waals surface area contributed by atoms with Gasteiger partial charge in [0.15, 0.2) is 0 Å². The van der Waals surface area contributed by atoms with Crippen molar-refractivity contribution >= 4 is 21.9 Å². The first-order valence-electron chi connectivity index (χ1n) is 20.5. The number of imidazole rings is 1. The summed E-state index contributed by atoms with van der Waals surface area (Å²) < 4.78 is 2.25. The zero-order valence-electron chi connectivity index (χ0n) is 36.9. The molecule has 0 spiro atoms. The number of pyridine rings is 1. The third-order valence-electron chi connectivity index (χ3n) is 11.4. The Hall–Kier alpha value is -4.53. The van der Waals surface area contributed by atoms with Crippen LogP contribution < -0.4 is 0 Å². The van der Waals surface area contributed by atoms with Gasteiger partial charge in [0.25, 0.3) is 0 Å². The van der Waals surface area contributed by atoms with E-state index in [0.29, 0.717) is 11.4 Å². The summed E-state index contributed by atoms with van der Waals surface area (Å²) in [6.45, 7) is 31.5. The molecule has 5 heteroatoms. The van der Waals surface area contributed by atoms with E-state index in [9.17, 15) is 5.11 Å². The second-order valence-corrected chi connectivity index (χ2v) is 20.4. The second-order valence-electron chi connectivity index (χ2n) is 20.4. The fourth-order valence-electron chi connectivity index (χ4n) is 7.60. The van der Waals surface area contributed by atoms with Crippen molar-refractivity contribution in [1.82, 2.24) is 14.5 Å². The minimum absolute atomic E-state index is 0. The summed E-state index contributed by atoms with van der Waals surface area (Å²) in [6, 6.07) is 36.7. The predicted molar refractivity (Wildman–Crippen MR) is 242 cm³/mol. The average Bonchev–Trinajstić information content (AvgIpc) is 3.51. The zero-order chi connectivity index (χ0) is 41.4. The van der Waals surface area contributed by atoms with Crippen LogP contribution in [0, 0.1) is 6.07 Å². The average molecular weight is 950 g/mol. The summed E-state index contributed by atoms with van der Waals surface area (Å²) in [5.74, 6) is 1.17. The summed E-state index contributed by atoms with van der Waals surface area (Å²) in [6.07, 6.45) is 1.89. The number of aromatic nitrogens is 3. The van der Waals surface area contributed by atoms with E-state index in [1.165, 1.54) is 22.3 Å². The molecule has 7 rings (SSSR count). The Kier molecular flexibility index (Phi) is 11.3. The van der Waals surface area contributed by atoms with Gasteiger partial charge in [-0.25, -0.2) is 4.98 Å². The van der Waals surface area contributed by atoms with Gasteiger partial charge >= 0.3 is 0 Å². The number of hydrogen-bond donors (Lipinski definition) is 1. The van der Waals surface area contributed by atoms with E-state index in [-0.39, 0.29) is 54.4 Å². The minimum atomic E-state index is -0.142. The first-order chi connectivity index (χ1) is 26.5. The third-order valence-corrected chi connectivity index (χ3v) is 11.4. The van der Waals surface area contributed by atoms with E-state index < -0.39 is 0 Å². The Bertz CT molecular complexity index is 2640. The van der Waals surface area contributed by atoms with Crippen molar-refractivity contribution in [2.24, 2.45) is 0 Å². The molecule has 0 aliphatic rings. The summed E-state index contributed by atoms with van der Waals surface area (Å²) >= 11 is 0. The van der Waals surface area contributed by atoms with Gasteiger partial charge in [-0.1, -0.05) is 156 Å². The number of aromatic hydroxyl groups is 1. The molecule has 4 nitrogen and oxygen atoms in total. The molecule has 0 fully saturated rings. The van der Waals surface area contributed by atoms with Crippen molar-refractivity contribution in [3.05, 3.63) is 131 Å². The molecule has 0 aliphatic heterocycles. The maximum absolute atomic E-state index is 11.6. The molecule has 5 aromatic carbocycles. The molecular weight excluding hydrogens is 890 g/mol. The van der Waals surface area contributed by atoms with Gasteiger partial charge in [-0.05, 0) is 86.1 Å². The van der Waals surface area contributed by atoms with Gasteiger partial charge in [-0.2, -0.15) is 0 Å². The number of nitrogens with zero attached hydrogens (tertiary/aromatic N) is 3. The van der Waals surface area contributed by atoms with Crippen molar-refractivity contribution in [2.45, 2.75) is 125 Å². The molecule has 0 saturated heterocycles. The van der Waals surface area contributed by atoms with Crippen molar-refractivity contribution in [2.75, 3.05) is 0 Å². The van der Waals surface area contributed by atoms with Crippen LogP contribution in [0.2, 0.25) is 0 Å². The monoisotopic (exact) mass is 949 g/mol. The van der Waals surface area contributed by atoms with E-state index >= 15 is 0 Å². The number of benzene rings is 5. The Morgan fingerprint density at radius 1 is 0.569 bits per heavy atom. The quantitative estimate of drug-likeness (QED) is 0.175. The largest absolute Gasteiger partial charge is 0.507 e. The van der Waals surface area contributed by atoms with Gasteiger partial charge < -0.3 is 5.11 Å². The molecule has 0 unspecified atom stereocenters. The Morgan fingerprint density at radius 3 is 1.67 bits per heavy atom. The van der Waals surface area contributed by atoms with Crippen molar-refractivity contribution in [1.29, 1.82) is 0 Å². The molecule has 1 N–H and O–H groups in total. The Labute approximate surface area is 361 Å². The van der Waals surface area contributed by atoms with Crippen LogP contribution in [-0.4, -0.2) is 19.6 Å². The Morgan fingerprint density at radius 2 is 1.10 bits per heavy atom. The normalized spacial score (nSPS) is 12.7. The molecule has 0 radical (unpaired) electrons. The zero-order valence-corrected chi connectivity index (χ0v) is 39.2. The SMILES string of the molecule is CC(C)c1cc(-c2[c-]c(-c3cc(C(C)(C)C)cc4cccnc34)cc(C(C)(C)C)c2)c2nc(-c3cc(C(C)(C)C)ccc3O)n(-c3ccc(C(C)(C)C)cc3)c2c1.[Pt]. The van der Waals surface area contributed by atoms with Crippen LogP contribution in [0.1, 0.15) is 131 Å². The predicted octanol–water partition coefficient (Wildman–Crippen LogP) is 14.4. The van der Waals surface area contributed by atoms with Gasteiger partial charge in [-0.3, -0.25) is 9.55 Å². The standard InChI is InChI=1S/C53H60N3O.Pt/c1-32(2)34-28-42(35-24-36(27-39(26-35)52(9,10)11)43-31-40(53(12,13)14)25-33-16-15-23-54-47(33)43)48-45(29-34)56(41-20-17-37(18-21-41)50(3,4)5)49(55-48)44-30-38(51(6,7)8)19-22-46(44)57;/h15-23,25-32,57H,1-14H3;/q-1;. The molecule has 7 aromatic rings. The third kappa shape index (κ3) is 8.33. The molecule has 0 aliphatic carbocycles. The maximum Gasteiger partial charge on any atom is 0.148 e. The van der Waals surface area contributed by atoms with Crippen LogP contribution >= 0.6 is 0 Å². The summed E-state index contributed by atoms with van der Waals surface area (Å²) in [5, 5.41) is 12.7. The van der Waals surface area contributed by atoms with E-state index in [1.807, 2.05) is 24.4 Å². The summed E-state index contributed by atoms with van der Waals surface area (Å²) in [4.78, 5) is 10.5. The van der Waals surface area contributed by atoms with Crippen molar-refractivity contribution in [3.8, 4) is 45.1 Å². The van der Waals surface area contributed by atoms with Crippen LogP contribution in [0.5, 0.6) is 5.75 Å². The topological polar surface area (TPSA) is 50.9 Å². The number of rotatable bonds is 5. The van der Waals surface area contributed by atoms with Crippen molar-refractivity contribution in [3.63, 3.8) is 0 Å². The van der Waals surface area contributed by atoms with Crippen LogP contribution in [0.3, 0.4) is 0 Å². The van der Waals surface area contributed by atoms with Gasteiger partial charge in [0, 0.05) is 38.5 Å². The molecular formula is C53H60N3OPt-. The molecule has 304 valence electrons. The van der Waals surface area contributed by atoms with E-state index in [1.54, 1.807) is 0 Å². The molecule has 0 bridgehead atoms. The van der Waals surface area contributed by atoms with E-state index in [4.69, 9.17) is 9.97 Å². The second kappa shape index (κ2) is 15.2. The number of hydrogen-bond acceptors (Lipinski definition) is 3. The van der Waals surface area contributed by atoms with Gasteiger partial charge in [0.05, 0.1) is 16.6 Å². The van der Waals surface area contributed by atoms with Crippen LogP contribution in [0.25, 0.3) is 61.3 Å². The summed E-state index contributed by atoms with van der Waals surface area (Å²) in [5.41, 5.74) is 14.4. The molecule has 0 amide bonds. The van der Waals surface area contributed by atoms with Crippen LogP contribution in [-0.2, 0) is 42.7 Å². The number of phenolic OH excluding ortho intramolecular Hbond substituents is 1. The van der Waals surface area contributed by atoms with Gasteiger partial charge in [0.1, 0.15) is 11.6 Å². The smallest absolute Gasteiger partial charge is 0.148 e. The van der Waals surface area contributed by atoms with E-state index in [0.717, 1.165) is 55.4 Å². The molecule has 58 heavy (non-hydrogen) atoms. The van der Waals surface area contributed by atoms with Gasteiger partial charge in [0.2, 0.25) is 0 Å². The van der Waals surface area contributed by atoms with Crippen LogP contribution in [0.4, 0.5) is 0 Å². The molecule has 2 heterocycles. The fraction of sp³-hybridized carbons (Fsp3) is 0.358. The minimum Gasteiger partial charge on any atom is -0.507 e. The first-order valence-corrected chi connectivity index (χ1v) is 20.5. The van der Waals surface area contributed by atoms with E-state index in [2.05, 4.69) is 180 Å². The maximum atomic E-state index is 11.6. The number of fused-ring (bicyclic) bond motifs is 2. The first kappa shape index (κ1) is 43.1. The fourth-order valence-corrected chi connectivity index (χ4v) is 7.60. The molecule has 0 saturated carbocycles. The van der Waals surface area contributed by atoms with Crippen molar-refractivity contribution < 1.29 is 26.2 Å². The van der Waals surface area contributed by atoms with Crippen LogP contribution in [0.15, 0.2) is 97.2 Å². The number of phenols is 1. The summed E-state index contributed by atoms with van der Waals surface area (Å²) in [7, 11) is 0. The molecule has 2 aromatic heterocycles. The Balaban J connectivity index is 0.00000567. The molecule has 0 atom stereocenters.